The Morgan fingerprint density at radius 3 is 2.26 bits per heavy atom. The van der Waals surface area contributed by atoms with Crippen LogP contribution >= 0.6 is 0 Å². The van der Waals surface area contributed by atoms with E-state index in [2.05, 4.69) is 69.7 Å². The van der Waals surface area contributed by atoms with E-state index in [1.807, 2.05) is 29.2 Å². The molecule has 200 valence electrons. The number of urea groups is 1. The lowest BCUT2D eigenvalue weighted by molar-refractivity contribution is 0.124. The second-order valence-corrected chi connectivity index (χ2v) is 10.9. The van der Waals surface area contributed by atoms with Crippen LogP contribution in [-0.4, -0.2) is 55.1 Å². The third-order valence-corrected chi connectivity index (χ3v) is 8.35. The molecule has 5 rings (SSSR count). The van der Waals surface area contributed by atoms with Gasteiger partial charge in [-0.2, -0.15) is 10.5 Å². The lowest BCUT2D eigenvalue weighted by atomic mass is 9.78. The number of nitrogens with one attached hydrogen (secondary N) is 1. The number of nitriles is 2. The molecule has 1 N–H and O–H groups in total. The Bertz CT molecular complexity index is 1340. The van der Waals surface area contributed by atoms with E-state index in [0.29, 0.717) is 31.3 Å². The maximum absolute atomic E-state index is 13.1. The molecule has 0 aromatic heterocycles. The summed E-state index contributed by atoms with van der Waals surface area (Å²) in [5.74, 6) is 0. The van der Waals surface area contributed by atoms with Crippen molar-refractivity contribution in [3.8, 4) is 12.1 Å². The number of carbonyl (C=O) groups excluding carboxylic acids is 1. The van der Waals surface area contributed by atoms with E-state index >= 15 is 0 Å². The van der Waals surface area contributed by atoms with Gasteiger partial charge in [-0.15, -0.1) is 0 Å². The number of rotatable bonds is 8. The van der Waals surface area contributed by atoms with Gasteiger partial charge in [0.05, 0.1) is 30.7 Å². The van der Waals surface area contributed by atoms with E-state index in [-0.39, 0.29) is 6.03 Å². The largest absolute Gasteiger partial charge is 0.369 e. The first-order chi connectivity index (χ1) is 19.1. The summed E-state index contributed by atoms with van der Waals surface area (Å²) in [4.78, 5) is 19.7. The molecule has 3 aromatic rings. The van der Waals surface area contributed by atoms with E-state index in [0.717, 1.165) is 67.7 Å². The first-order valence-electron chi connectivity index (χ1n) is 13.9. The molecule has 2 heterocycles. The van der Waals surface area contributed by atoms with Gasteiger partial charge in [0, 0.05) is 50.3 Å². The number of benzene rings is 3. The molecule has 2 amide bonds. The van der Waals surface area contributed by atoms with Crippen molar-refractivity contribution in [2.24, 2.45) is 5.41 Å². The topological polar surface area (TPSA) is 86.4 Å². The molecule has 2 aliphatic heterocycles. The van der Waals surface area contributed by atoms with E-state index in [4.69, 9.17) is 10.5 Å². The predicted molar refractivity (Wildman–Crippen MR) is 155 cm³/mol. The third-order valence-electron chi connectivity index (χ3n) is 8.35. The van der Waals surface area contributed by atoms with E-state index in [1.165, 1.54) is 12.0 Å². The van der Waals surface area contributed by atoms with Crippen molar-refractivity contribution in [1.82, 2.24) is 9.80 Å². The number of carbonyl (C=O) groups is 1. The van der Waals surface area contributed by atoms with Crippen LogP contribution in [0, 0.1) is 28.1 Å². The lowest BCUT2D eigenvalue weighted by Crippen LogP contribution is -2.45. The minimum atomic E-state index is -0.00488. The number of fused-ring (bicyclic) bond motifs is 1. The fourth-order valence-electron chi connectivity index (χ4n) is 6.09. The van der Waals surface area contributed by atoms with Crippen LogP contribution in [0.3, 0.4) is 0 Å². The van der Waals surface area contributed by atoms with Gasteiger partial charge in [-0.3, -0.25) is 4.90 Å². The maximum atomic E-state index is 13.1. The summed E-state index contributed by atoms with van der Waals surface area (Å²) in [6, 6.07) is 27.1. The van der Waals surface area contributed by atoms with E-state index in [9.17, 15) is 4.79 Å². The highest BCUT2D eigenvalue weighted by Crippen LogP contribution is 2.41. The van der Waals surface area contributed by atoms with Gasteiger partial charge >= 0.3 is 6.03 Å². The van der Waals surface area contributed by atoms with Gasteiger partial charge in [0.2, 0.25) is 0 Å². The second-order valence-electron chi connectivity index (χ2n) is 10.9. The number of nitrogens with zero attached hydrogens (tertiary/aromatic N) is 5. The van der Waals surface area contributed by atoms with Crippen LogP contribution in [-0.2, 0) is 6.54 Å². The number of piperidine rings is 1. The first-order valence-corrected chi connectivity index (χ1v) is 13.9. The number of amides is 2. The summed E-state index contributed by atoms with van der Waals surface area (Å²) in [5.41, 5.74) is 3.51. The summed E-state index contributed by atoms with van der Waals surface area (Å²) in [5, 5.41) is 23.3. The molecule has 3 aromatic carbocycles. The number of likely N-dealkylation sites (tertiary alicyclic amines) is 2. The maximum Gasteiger partial charge on any atom is 0.321 e. The van der Waals surface area contributed by atoms with Gasteiger partial charge in [0.15, 0.2) is 0 Å². The molecule has 7 heteroatoms. The van der Waals surface area contributed by atoms with Crippen molar-refractivity contribution in [2.75, 3.05) is 49.5 Å². The quantitative estimate of drug-likeness (QED) is 0.394. The Morgan fingerprint density at radius 1 is 0.872 bits per heavy atom. The zero-order valence-corrected chi connectivity index (χ0v) is 22.5. The van der Waals surface area contributed by atoms with Crippen LogP contribution in [0.4, 0.5) is 16.2 Å². The molecule has 7 nitrogen and oxygen atoms in total. The highest BCUT2D eigenvalue weighted by Gasteiger charge is 2.41. The van der Waals surface area contributed by atoms with Gasteiger partial charge < -0.3 is 15.1 Å². The van der Waals surface area contributed by atoms with Crippen LogP contribution in [0.1, 0.15) is 37.7 Å². The van der Waals surface area contributed by atoms with Crippen molar-refractivity contribution in [3.63, 3.8) is 0 Å². The summed E-state index contributed by atoms with van der Waals surface area (Å²) in [6.07, 6.45) is 4.16. The summed E-state index contributed by atoms with van der Waals surface area (Å²) in [7, 11) is 0. The highest BCUT2D eigenvalue weighted by molar-refractivity contribution is 6.01. The summed E-state index contributed by atoms with van der Waals surface area (Å²) < 4.78 is 0. The smallest absolute Gasteiger partial charge is 0.321 e. The normalized spacial score (nSPS) is 16.6. The monoisotopic (exact) mass is 520 g/mol. The van der Waals surface area contributed by atoms with Crippen LogP contribution in [0.25, 0.3) is 10.8 Å². The number of hydrogen-bond acceptors (Lipinski definition) is 5. The van der Waals surface area contributed by atoms with Gasteiger partial charge in [0.1, 0.15) is 0 Å². The van der Waals surface area contributed by atoms with Gasteiger partial charge in [0.25, 0.3) is 0 Å². The Balaban J connectivity index is 1.12. The first kappa shape index (κ1) is 26.5. The van der Waals surface area contributed by atoms with Crippen molar-refractivity contribution in [3.05, 3.63) is 72.3 Å². The molecule has 0 aliphatic carbocycles. The Labute approximate surface area is 231 Å². The molecule has 0 radical (unpaired) electrons. The second kappa shape index (κ2) is 12.2. The summed E-state index contributed by atoms with van der Waals surface area (Å²) >= 11 is 0. The predicted octanol–water partition coefficient (Wildman–Crippen LogP) is 5.99. The van der Waals surface area contributed by atoms with Gasteiger partial charge in [-0.1, -0.05) is 48.5 Å². The SMILES string of the molecule is N#CCCN(CCC#N)c1ccc(CN2CCC3(CCN(C(=O)Nc4cccc5ccccc45)CC3)C2)cc1. The van der Waals surface area contributed by atoms with Crippen LogP contribution in [0.2, 0.25) is 0 Å². The number of anilines is 2. The molecule has 2 aliphatic rings. The fraction of sp³-hybridized carbons (Fsp3) is 0.406. The average Bonchev–Trinajstić information content (AvgIpc) is 3.35. The van der Waals surface area contributed by atoms with Gasteiger partial charge in [-0.05, 0) is 60.4 Å². The van der Waals surface area contributed by atoms with Crippen molar-refractivity contribution >= 4 is 28.2 Å². The molecular weight excluding hydrogens is 484 g/mol. The van der Waals surface area contributed by atoms with Crippen LogP contribution < -0.4 is 10.2 Å². The van der Waals surface area contributed by atoms with Crippen LogP contribution in [0.5, 0.6) is 0 Å². The minimum absolute atomic E-state index is 0.00488. The van der Waals surface area contributed by atoms with Crippen LogP contribution in [0.15, 0.2) is 66.7 Å². The zero-order valence-electron chi connectivity index (χ0n) is 22.5. The molecule has 2 fully saturated rings. The molecule has 0 bridgehead atoms. The van der Waals surface area contributed by atoms with E-state index in [1.54, 1.807) is 0 Å². The Hall–Kier alpha value is -4.07. The Kier molecular flexibility index (Phi) is 8.30. The standard InChI is InChI=1S/C32H36N6O/c33-17-4-19-37(20-5-18-34)28-12-10-26(11-13-28)24-36-21-14-32(25-36)15-22-38(23-16-32)31(39)35-30-9-3-7-27-6-1-2-8-29(27)30/h1-3,6-13H,4-5,14-16,19-25H2,(H,35,39). The average molecular weight is 521 g/mol. The molecule has 0 unspecified atom stereocenters. The molecular formula is C32H36N6O. The van der Waals surface area contributed by atoms with Crippen molar-refractivity contribution < 1.29 is 4.79 Å². The summed E-state index contributed by atoms with van der Waals surface area (Å²) in [6.45, 7) is 5.95. The molecule has 0 saturated carbocycles. The zero-order chi connectivity index (χ0) is 27.1. The van der Waals surface area contributed by atoms with Crippen molar-refractivity contribution in [1.29, 1.82) is 10.5 Å². The molecule has 0 atom stereocenters. The molecule has 2 saturated heterocycles. The lowest BCUT2D eigenvalue weighted by Gasteiger charge is -2.39. The third kappa shape index (κ3) is 6.33. The fourth-order valence-corrected chi connectivity index (χ4v) is 6.09. The Morgan fingerprint density at radius 2 is 1.54 bits per heavy atom. The minimum Gasteiger partial charge on any atom is -0.369 e. The molecule has 39 heavy (non-hydrogen) atoms. The van der Waals surface area contributed by atoms with Gasteiger partial charge in [-0.25, -0.2) is 4.79 Å². The highest BCUT2D eigenvalue weighted by atomic mass is 16.2. The van der Waals surface area contributed by atoms with Crippen molar-refractivity contribution in [2.45, 2.75) is 38.6 Å². The number of hydrogen-bond donors (Lipinski definition) is 1. The van der Waals surface area contributed by atoms with E-state index < -0.39 is 0 Å². The molecule has 1 spiro atoms.